The van der Waals surface area contributed by atoms with Crippen LogP contribution in [0.4, 0.5) is 10.1 Å². The molecule has 0 radical (unpaired) electrons. The van der Waals surface area contributed by atoms with Crippen LogP contribution < -0.4 is 10.1 Å². The van der Waals surface area contributed by atoms with Gasteiger partial charge < -0.3 is 14.6 Å². The lowest BCUT2D eigenvalue weighted by molar-refractivity contribution is -0.113. The molecule has 0 saturated carbocycles. The lowest BCUT2D eigenvalue weighted by Crippen LogP contribution is -2.14. The predicted molar refractivity (Wildman–Crippen MR) is 103 cm³/mol. The molecule has 0 atom stereocenters. The standard InChI is InChI=1S/C18H16ClFN4O2S/c1-24-16(10-26-13-5-3-2-4-6-13)22-23-18(24)27-11-17(25)21-12-7-8-15(20)14(19)9-12/h2-9H,10-11H2,1H3,(H,21,25). The molecule has 1 N–H and O–H groups in total. The molecule has 9 heteroatoms. The molecule has 0 spiro atoms. The number of thioether (sulfide) groups is 1. The summed E-state index contributed by atoms with van der Waals surface area (Å²) in [5.74, 6) is 0.723. The number of nitrogens with zero attached hydrogens (tertiary/aromatic N) is 3. The number of anilines is 1. The Morgan fingerprint density at radius 3 is 2.78 bits per heavy atom. The fraction of sp³-hybridized carbons (Fsp3) is 0.167. The maximum absolute atomic E-state index is 13.1. The third-order valence-corrected chi connectivity index (χ3v) is 4.88. The smallest absolute Gasteiger partial charge is 0.234 e. The van der Waals surface area contributed by atoms with Crippen molar-refractivity contribution in [3.8, 4) is 5.75 Å². The number of rotatable bonds is 7. The number of hydrogen-bond acceptors (Lipinski definition) is 5. The Labute approximate surface area is 164 Å². The molecule has 0 unspecified atom stereocenters. The van der Waals surface area contributed by atoms with Crippen molar-refractivity contribution in [3.63, 3.8) is 0 Å². The van der Waals surface area contributed by atoms with E-state index in [1.807, 2.05) is 37.4 Å². The molecule has 0 bridgehead atoms. The average molecular weight is 407 g/mol. The van der Waals surface area contributed by atoms with E-state index in [1.165, 1.54) is 30.0 Å². The van der Waals surface area contributed by atoms with Crippen molar-refractivity contribution in [1.29, 1.82) is 0 Å². The third kappa shape index (κ3) is 5.21. The molecule has 2 aromatic carbocycles. The molecule has 0 aliphatic carbocycles. The molecule has 1 heterocycles. The number of carbonyl (C=O) groups is 1. The maximum atomic E-state index is 13.1. The molecule has 0 aliphatic heterocycles. The SMILES string of the molecule is Cn1c(COc2ccccc2)nnc1SCC(=O)Nc1ccc(F)c(Cl)c1. The first kappa shape index (κ1) is 19.2. The summed E-state index contributed by atoms with van der Waals surface area (Å²) < 4.78 is 20.6. The lowest BCUT2D eigenvalue weighted by Gasteiger charge is -2.07. The van der Waals surface area contributed by atoms with Gasteiger partial charge in [0.2, 0.25) is 5.91 Å². The third-order valence-electron chi connectivity index (χ3n) is 3.57. The molecular weight excluding hydrogens is 391 g/mol. The van der Waals surface area contributed by atoms with E-state index in [1.54, 1.807) is 4.57 Å². The zero-order valence-electron chi connectivity index (χ0n) is 14.4. The van der Waals surface area contributed by atoms with Gasteiger partial charge in [0.25, 0.3) is 0 Å². The first-order valence-corrected chi connectivity index (χ1v) is 9.33. The number of para-hydroxylation sites is 1. The van der Waals surface area contributed by atoms with Crippen molar-refractivity contribution < 1.29 is 13.9 Å². The minimum atomic E-state index is -0.534. The molecule has 3 rings (SSSR count). The summed E-state index contributed by atoms with van der Waals surface area (Å²) in [7, 11) is 1.81. The van der Waals surface area contributed by atoms with Crippen LogP contribution in [0.5, 0.6) is 5.75 Å². The number of halogens is 2. The summed E-state index contributed by atoms with van der Waals surface area (Å²) in [6.45, 7) is 0.272. The fourth-order valence-electron chi connectivity index (χ4n) is 2.16. The number of ether oxygens (including phenoxy) is 1. The molecule has 0 saturated heterocycles. The number of amides is 1. The van der Waals surface area contributed by atoms with Gasteiger partial charge in [0.15, 0.2) is 11.0 Å². The molecule has 3 aromatic rings. The van der Waals surface area contributed by atoms with Gasteiger partial charge in [0.1, 0.15) is 18.2 Å². The first-order chi connectivity index (χ1) is 13.0. The Bertz CT molecular complexity index is 936. The molecule has 6 nitrogen and oxygen atoms in total. The van der Waals surface area contributed by atoms with Gasteiger partial charge in [-0.05, 0) is 30.3 Å². The topological polar surface area (TPSA) is 69.0 Å². The Morgan fingerprint density at radius 2 is 2.04 bits per heavy atom. The average Bonchev–Trinajstić information content (AvgIpc) is 3.02. The van der Waals surface area contributed by atoms with E-state index < -0.39 is 5.82 Å². The highest BCUT2D eigenvalue weighted by molar-refractivity contribution is 7.99. The van der Waals surface area contributed by atoms with Gasteiger partial charge >= 0.3 is 0 Å². The van der Waals surface area contributed by atoms with Crippen LogP contribution in [0.25, 0.3) is 0 Å². The minimum Gasteiger partial charge on any atom is -0.486 e. The monoisotopic (exact) mass is 406 g/mol. The minimum absolute atomic E-state index is 0.0446. The molecule has 0 aliphatic rings. The largest absolute Gasteiger partial charge is 0.486 e. The van der Waals surface area contributed by atoms with Gasteiger partial charge in [-0.15, -0.1) is 10.2 Å². The van der Waals surface area contributed by atoms with Crippen LogP contribution in [-0.4, -0.2) is 26.4 Å². The van der Waals surface area contributed by atoms with Crippen LogP contribution in [0.15, 0.2) is 53.7 Å². The molecule has 140 valence electrons. The van der Waals surface area contributed by atoms with Crippen molar-refractivity contribution in [1.82, 2.24) is 14.8 Å². The summed E-state index contributed by atoms with van der Waals surface area (Å²) in [5, 5.41) is 11.4. The van der Waals surface area contributed by atoms with Crippen molar-refractivity contribution in [2.24, 2.45) is 7.05 Å². The van der Waals surface area contributed by atoms with Crippen LogP contribution in [-0.2, 0) is 18.4 Å². The second-order valence-corrected chi connectivity index (χ2v) is 6.87. The van der Waals surface area contributed by atoms with E-state index in [-0.39, 0.29) is 23.3 Å². The molecule has 1 aromatic heterocycles. The normalized spacial score (nSPS) is 10.6. The van der Waals surface area contributed by atoms with Crippen molar-refractivity contribution in [2.75, 3.05) is 11.1 Å². The van der Waals surface area contributed by atoms with Crippen molar-refractivity contribution >= 4 is 35.0 Å². The highest BCUT2D eigenvalue weighted by Gasteiger charge is 2.12. The van der Waals surface area contributed by atoms with Gasteiger partial charge in [-0.2, -0.15) is 0 Å². The highest BCUT2D eigenvalue weighted by Crippen LogP contribution is 2.21. The number of nitrogens with one attached hydrogen (secondary N) is 1. The first-order valence-electron chi connectivity index (χ1n) is 7.97. The number of carbonyl (C=O) groups excluding carboxylic acids is 1. The Kier molecular flexibility index (Phi) is 6.31. The second-order valence-electron chi connectivity index (χ2n) is 5.53. The van der Waals surface area contributed by atoms with Crippen LogP contribution in [0.2, 0.25) is 5.02 Å². The molecule has 27 heavy (non-hydrogen) atoms. The predicted octanol–water partition coefficient (Wildman–Crippen LogP) is 3.92. The number of aromatic nitrogens is 3. The van der Waals surface area contributed by atoms with Gasteiger partial charge in [0, 0.05) is 12.7 Å². The lowest BCUT2D eigenvalue weighted by atomic mass is 10.3. The van der Waals surface area contributed by atoms with E-state index in [4.69, 9.17) is 16.3 Å². The Morgan fingerprint density at radius 1 is 1.26 bits per heavy atom. The van der Waals surface area contributed by atoms with Crippen LogP contribution >= 0.6 is 23.4 Å². The van der Waals surface area contributed by atoms with E-state index in [9.17, 15) is 9.18 Å². The van der Waals surface area contributed by atoms with Gasteiger partial charge in [-0.3, -0.25) is 4.79 Å². The number of benzene rings is 2. The van der Waals surface area contributed by atoms with Crippen LogP contribution in [0.3, 0.4) is 0 Å². The van der Waals surface area contributed by atoms with Crippen LogP contribution in [0.1, 0.15) is 5.82 Å². The Hall–Kier alpha value is -2.58. The summed E-state index contributed by atoms with van der Waals surface area (Å²) in [6, 6.07) is 13.4. The van der Waals surface area contributed by atoms with E-state index >= 15 is 0 Å². The van der Waals surface area contributed by atoms with Crippen molar-refractivity contribution in [2.45, 2.75) is 11.8 Å². The van der Waals surface area contributed by atoms with Crippen molar-refractivity contribution in [3.05, 3.63) is 65.2 Å². The Balaban J connectivity index is 1.52. The quantitative estimate of drug-likeness (QED) is 0.602. The van der Waals surface area contributed by atoms with Gasteiger partial charge in [-0.1, -0.05) is 41.6 Å². The van der Waals surface area contributed by atoms with E-state index in [0.717, 1.165) is 5.75 Å². The maximum Gasteiger partial charge on any atom is 0.234 e. The van der Waals surface area contributed by atoms with E-state index in [2.05, 4.69) is 15.5 Å². The summed E-state index contributed by atoms with van der Waals surface area (Å²) in [6.07, 6.45) is 0. The van der Waals surface area contributed by atoms with E-state index in [0.29, 0.717) is 16.7 Å². The van der Waals surface area contributed by atoms with Gasteiger partial charge in [-0.25, -0.2) is 4.39 Å². The van der Waals surface area contributed by atoms with Crippen LogP contribution in [0, 0.1) is 5.82 Å². The summed E-state index contributed by atoms with van der Waals surface area (Å²) in [4.78, 5) is 12.1. The zero-order chi connectivity index (χ0) is 19.2. The molecular formula is C18H16ClFN4O2S. The molecule has 0 fully saturated rings. The summed E-state index contributed by atoms with van der Waals surface area (Å²) >= 11 is 6.94. The summed E-state index contributed by atoms with van der Waals surface area (Å²) in [5.41, 5.74) is 0.432. The second kappa shape index (κ2) is 8.88. The highest BCUT2D eigenvalue weighted by atomic mass is 35.5. The molecule has 1 amide bonds. The fourth-order valence-corrected chi connectivity index (χ4v) is 3.07. The zero-order valence-corrected chi connectivity index (χ0v) is 15.9. The number of hydrogen-bond donors (Lipinski definition) is 1. The van der Waals surface area contributed by atoms with Gasteiger partial charge in [0.05, 0.1) is 10.8 Å².